The predicted octanol–water partition coefficient (Wildman–Crippen LogP) is 4.58. The van der Waals surface area contributed by atoms with E-state index < -0.39 is 17.8 Å². The van der Waals surface area contributed by atoms with Gasteiger partial charge in [0, 0.05) is 43.9 Å². The maximum Gasteiger partial charge on any atom is 0.418 e. The zero-order chi connectivity index (χ0) is 24.5. The van der Waals surface area contributed by atoms with Gasteiger partial charge in [0.15, 0.2) is 0 Å². The van der Waals surface area contributed by atoms with E-state index in [0.717, 1.165) is 23.0 Å². The molecule has 7 nitrogen and oxygen atoms in total. The Labute approximate surface area is 194 Å². The van der Waals surface area contributed by atoms with E-state index in [-0.39, 0.29) is 24.7 Å². The summed E-state index contributed by atoms with van der Waals surface area (Å²) in [4.78, 5) is 28.3. The summed E-state index contributed by atoms with van der Waals surface area (Å²) in [5, 5.41) is 6.98. The number of aryl methyl sites for hydroxylation is 1. The van der Waals surface area contributed by atoms with Crippen molar-refractivity contribution in [1.29, 1.82) is 0 Å². The van der Waals surface area contributed by atoms with Gasteiger partial charge in [-0.2, -0.15) is 18.3 Å². The number of hydrogen-bond acceptors (Lipinski definition) is 3. The fraction of sp³-hybridized carbons (Fsp3) is 0.292. The number of halogens is 3. The number of para-hydroxylation sites is 2. The number of urea groups is 1. The van der Waals surface area contributed by atoms with Gasteiger partial charge in [-0.3, -0.25) is 9.48 Å². The summed E-state index contributed by atoms with van der Waals surface area (Å²) in [6.45, 7) is 2.20. The summed E-state index contributed by atoms with van der Waals surface area (Å²) >= 11 is 0. The molecule has 0 aliphatic carbocycles. The van der Waals surface area contributed by atoms with Crippen LogP contribution in [-0.2, 0) is 37.5 Å². The van der Waals surface area contributed by atoms with Crippen molar-refractivity contribution in [2.75, 3.05) is 16.8 Å². The predicted molar refractivity (Wildman–Crippen MR) is 121 cm³/mol. The van der Waals surface area contributed by atoms with Crippen LogP contribution in [-0.4, -0.2) is 33.2 Å². The minimum atomic E-state index is -4.58. The largest absolute Gasteiger partial charge is 0.418 e. The molecule has 1 aliphatic heterocycles. The number of aromatic nitrogens is 2. The molecule has 0 spiro atoms. The molecule has 3 amide bonds. The number of rotatable bonds is 4. The number of carbonyl (C=O) groups excluding carboxylic acids is 2. The molecule has 1 aromatic heterocycles. The first kappa shape index (κ1) is 23.3. The highest BCUT2D eigenvalue weighted by Gasteiger charge is 2.34. The number of nitrogens with one attached hydrogen (secondary N) is 1. The van der Waals surface area contributed by atoms with E-state index in [1.165, 1.54) is 30.0 Å². The van der Waals surface area contributed by atoms with Crippen LogP contribution in [0, 0.1) is 0 Å². The monoisotopic (exact) mass is 471 g/mol. The van der Waals surface area contributed by atoms with Crippen molar-refractivity contribution in [2.24, 2.45) is 7.05 Å². The van der Waals surface area contributed by atoms with Crippen molar-refractivity contribution in [3.8, 4) is 0 Å². The minimum Gasteiger partial charge on any atom is -0.320 e. The normalized spacial score (nSPS) is 13.4. The Balaban J connectivity index is 1.56. The summed E-state index contributed by atoms with van der Waals surface area (Å²) in [6.07, 6.45) is -4.08. The number of fused-ring (bicyclic) bond motifs is 1. The van der Waals surface area contributed by atoms with E-state index in [0.29, 0.717) is 18.7 Å². The van der Waals surface area contributed by atoms with E-state index in [1.54, 1.807) is 16.6 Å². The van der Waals surface area contributed by atoms with Gasteiger partial charge in [-0.25, -0.2) is 4.79 Å². The van der Waals surface area contributed by atoms with Crippen LogP contribution in [0.25, 0.3) is 0 Å². The Morgan fingerprint density at radius 2 is 1.76 bits per heavy atom. The fourth-order valence-electron chi connectivity index (χ4n) is 4.15. The molecule has 0 atom stereocenters. The van der Waals surface area contributed by atoms with Crippen LogP contribution in [0.2, 0.25) is 0 Å². The van der Waals surface area contributed by atoms with Crippen LogP contribution >= 0.6 is 0 Å². The molecule has 10 heteroatoms. The first-order valence-electron chi connectivity index (χ1n) is 10.7. The summed E-state index contributed by atoms with van der Waals surface area (Å²) in [5.74, 6) is -0.153. The molecule has 3 aromatic rings. The van der Waals surface area contributed by atoms with Crippen molar-refractivity contribution in [3.05, 3.63) is 77.1 Å². The Morgan fingerprint density at radius 3 is 2.44 bits per heavy atom. The van der Waals surface area contributed by atoms with Crippen molar-refractivity contribution >= 4 is 23.3 Å². The molecule has 0 bridgehead atoms. The third-order valence-electron chi connectivity index (χ3n) is 5.84. The van der Waals surface area contributed by atoms with Gasteiger partial charge in [0.2, 0.25) is 5.91 Å². The lowest BCUT2D eigenvalue weighted by molar-refractivity contribution is -0.136. The Morgan fingerprint density at radius 1 is 1.09 bits per heavy atom. The van der Waals surface area contributed by atoms with Gasteiger partial charge < -0.3 is 15.1 Å². The van der Waals surface area contributed by atoms with Gasteiger partial charge in [-0.15, -0.1) is 0 Å². The minimum absolute atomic E-state index is 0.153. The summed E-state index contributed by atoms with van der Waals surface area (Å²) in [5.41, 5.74) is 1.92. The molecule has 0 saturated heterocycles. The summed E-state index contributed by atoms with van der Waals surface area (Å²) in [6, 6.07) is 13.5. The highest BCUT2D eigenvalue weighted by atomic mass is 19.4. The topological polar surface area (TPSA) is 70.5 Å². The Kier molecular flexibility index (Phi) is 6.32. The second-order valence-electron chi connectivity index (χ2n) is 8.08. The maximum atomic E-state index is 13.3. The van der Waals surface area contributed by atoms with Crippen LogP contribution in [0.3, 0.4) is 0 Å². The van der Waals surface area contributed by atoms with Crippen molar-refractivity contribution in [3.63, 3.8) is 0 Å². The number of carbonyl (C=O) groups is 2. The van der Waals surface area contributed by atoms with Crippen molar-refractivity contribution < 1.29 is 22.8 Å². The molecule has 4 rings (SSSR count). The molecular weight excluding hydrogens is 447 g/mol. The number of anilines is 2. The van der Waals surface area contributed by atoms with E-state index in [9.17, 15) is 22.8 Å². The van der Waals surface area contributed by atoms with Gasteiger partial charge in [0.25, 0.3) is 0 Å². The van der Waals surface area contributed by atoms with Crippen molar-refractivity contribution in [2.45, 2.75) is 32.6 Å². The molecule has 1 N–H and O–H groups in total. The lowest BCUT2D eigenvalue weighted by Crippen LogP contribution is -2.40. The molecule has 0 fully saturated rings. The first-order chi connectivity index (χ1) is 16.1. The van der Waals surface area contributed by atoms with E-state index in [4.69, 9.17) is 0 Å². The third kappa shape index (κ3) is 4.75. The molecule has 1 aliphatic rings. The van der Waals surface area contributed by atoms with Crippen LogP contribution in [0.4, 0.5) is 29.3 Å². The molecule has 0 saturated carbocycles. The SMILES string of the molecule is CC(=O)N(Cc1nn(C)c2c1CN(C(=O)Nc1ccccc1C(F)(F)F)CC2)c1ccccc1. The standard InChI is InChI=1S/C24H24F3N5O2/c1-16(33)32(17-8-4-3-5-9-17)15-21-18-14-31(13-12-22(18)30(2)29-21)23(34)28-20-11-7-6-10-19(20)24(25,26)27/h3-11H,12-15H2,1-2H3,(H,28,34). The number of alkyl halides is 3. The quantitative estimate of drug-likeness (QED) is 0.606. The van der Waals surface area contributed by atoms with Crippen LogP contribution < -0.4 is 10.2 Å². The van der Waals surface area contributed by atoms with Gasteiger partial charge >= 0.3 is 12.2 Å². The number of nitrogens with zero attached hydrogens (tertiary/aromatic N) is 4. The van der Waals surface area contributed by atoms with E-state index >= 15 is 0 Å². The summed E-state index contributed by atoms with van der Waals surface area (Å²) in [7, 11) is 1.80. The molecule has 2 heterocycles. The zero-order valence-corrected chi connectivity index (χ0v) is 18.8. The Bertz CT molecular complexity index is 1210. The fourth-order valence-corrected chi connectivity index (χ4v) is 4.15. The van der Waals surface area contributed by atoms with Crippen LogP contribution in [0.1, 0.15) is 29.4 Å². The molecular formula is C24H24F3N5O2. The smallest absolute Gasteiger partial charge is 0.320 e. The van der Waals surface area contributed by atoms with E-state index in [2.05, 4.69) is 10.4 Å². The average Bonchev–Trinajstić information content (AvgIpc) is 3.12. The molecule has 0 radical (unpaired) electrons. The molecule has 0 unspecified atom stereocenters. The number of amides is 3. The van der Waals surface area contributed by atoms with Crippen molar-refractivity contribution in [1.82, 2.24) is 14.7 Å². The van der Waals surface area contributed by atoms with Gasteiger partial charge in [-0.1, -0.05) is 30.3 Å². The van der Waals surface area contributed by atoms with Gasteiger partial charge in [0.05, 0.1) is 30.0 Å². The second-order valence-corrected chi connectivity index (χ2v) is 8.08. The molecule has 178 valence electrons. The Hall–Kier alpha value is -3.82. The number of hydrogen-bond donors (Lipinski definition) is 1. The first-order valence-corrected chi connectivity index (χ1v) is 10.7. The lowest BCUT2D eigenvalue weighted by atomic mass is 10.0. The average molecular weight is 471 g/mol. The van der Waals surface area contributed by atoms with Crippen LogP contribution in [0.15, 0.2) is 54.6 Å². The van der Waals surface area contributed by atoms with E-state index in [1.807, 2.05) is 30.3 Å². The highest BCUT2D eigenvalue weighted by molar-refractivity contribution is 5.91. The number of benzene rings is 2. The second kappa shape index (κ2) is 9.20. The maximum absolute atomic E-state index is 13.3. The zero-order valence-electron chi connectivity index (χ0n) is 18.8. The molecule has 2 aromatic carbocycles. The van der Waals surface area contributed by atoms with Gasteiger partial charge in [0.1, 0.15) is 0 Å². The third-order valence-corrected chi connectivity index (χ3v) is 5.84. The van der Waals surface area contributed by atoms with Crippen LogP contribution in [0.5, 0.6) is 0 Å². The molecule has 34 heavy (non-hydrogen) atoms. The lowest BCUT2D eigenvalue weighted by Gasteiger charge is -2.29. The highest BCUT2D eigenvalue weighted by Crippen LogP contribution is 2.35. The van der Waals surface area contributed by atoms with Gasteiger partial charge in [-0.05, 0) is 24.3 Å². The summed E-state index contributed by atoms with van der Waals surface area (Å²) < 4.78 is 41.7.